The number of hydrogen-bond donors (Lipinski definition) is 2. The highest BCUT2D eigenvalue weighted by Crippen LogP contribution is 2.18. The van der Waals surface area contributed by atoms with Crippen molar-refractivity contribution < 1.29 is 4.74 Å². The lowest BCUT2D eigenvalue weighted by Crippen LogP contribution is -2.21. The summed E-state index contributed by atoms with van der Waals surface area (Å²) in [5.41, 5.74) is 0.644. The van der Waals surface area contributed by atoms with Crippen molar-refractivity contribution in [3.05, 3.63) is 27.9 Å². The van der Waals surface area contributed by atoms with Crippen LogP contribution < -0.4 is 10.9 Å². The Labute approximate surface area is 108 Å². The van der Waals surface area contributed by atoms with Crippen molar-refractivity contribution in [1.29, 1.82) is 0 Å². The summed E-state index contributed by atoms with van der Waals surface area (Å²) < 4.78 is 5.63. The molecule has 1 atom stereocenters. The van der Waals surface area contributed by atoms with E-state index in [0.29, 0.717) is 19.0 Å². The van der Waals surface area contributed by atoms with Crippen molar-refractivity contribution in [3.8, 4) is 0 Å². The molecule has 1 aromatic rings. The van der Waals surface area contributed by atoms with Crippen molar-refractivity contribution in [3.63, 3.8) is 0 Å². The van der Waals surface area contributed by atoms with Crippen LogP contribution in [0.4, 0.5) is 0 Å². The number of nitrogens with zero attached hydrogens (tertiary/aromatic N) is 1. The molecule has 5 nitrogen and oxygen atoms in total. The maximum Gasteiger partial charge on any atom is 0.251 e. The highest BCUT2D eigenvalue weighted by molar-refractivity contribution is 5.04. The third-order valence-corrected chi connectivity index (χ3v) is 2.59. The fourth-order valence-electron chi connectivity index (χ4n) is 1.79. The summed E-state index contributed by atoms with van der Waals surface area (Å²) in [6.45, 7) is 8.14. The highest BCUT2D eigenvalue weighted by atomic mass is 16.5. The zero-order valence-electron chi connectivity index (χ0n) is 11.5. The molecule has 0 fully saturated rings. The predicted molar refractivity (Wildman–Crippen MR) is 71.5 cm³/mol. The minimum absolute atomic E-state index is 0.116. The molecule has 18 heavy (non-hydrogen) atoms. The number of aromatic nitrogens is 2. The average molecular weight is 253 g/mol. The number of hydrogen-bond acceptors (Lipinski definition) is 4. The van der Waals surface area contributed by atoms with Crippen molar-refractivity contribution in [1.82, 2.24) is 15.3 Å². The van der Waals surface area contributed by atoms with Gasteiger partial charge in [-0.1, -0.05) is 20.3 Å². The van der Waals surface area contributed by atoms with Gasteiger partial charge in [-0.15, -0.1) is 0 Å². The Morgan fingerprint density at radius 1 is 1.44 bits per heavy atom. The molecule has 5 heteroatoms. The lowest BCUT2D eigenvalue weighted by Gasteiger charge is -2.16. The van der Waals surface area contributed by atoms with Gasteiger partial charge in [0.2, 0.25) is 0 Å². The average Bonchev–Trinajstić information content (AvgIpc) is 2.35. The molecule has 0 amide bonds. The summed E-state index contributed by atoms with van der Waals surface area (Å²) in [7, 11) is 0. The Balaban J connectivity index is 2.91. The molecule has 102 valence electrons. The van der Waals surface area contributed by atoms with Gasteiger partial charge in [0.05, 0.1) is 5.69 Å². The first-order chi connectivity index (χ1) is 8.71. The van der Waals surface area contributed by atoms with Crippen molar-refractivity contribution in [2.24, 2.45) is 0 Å². The summed E-state index contributed by atoms with van der Waals surface area (Å²) in [4.78, 5) is 18.8. The smallest absolute Gasteiger partial charge is 0.251 e. The molecule has 0 aliphatic carbocycles. The van der Waals surface area contributed by atoms with E-state index in [2.05, 4.69) is 22.2 Å². The van der Waals surface area contributed by atoms with E-state index < -0.39 is 0 Å². The number of aromatic amines is 1. The van der Waals surface area contributed by atoms with Gasteiger partial charge in [-0.3, -0.25) is 4.79 Å². The molecule has 0 aliphatic heterocycles. The largest absolute Gasteiger partial charge is 0.371 e. The van der Waals surface area contributed by atoms with Crippen LogP contribution in [0.25, 0.3) is 0 Å². The van der Waals surface area contributed by atoms with Crippen molar-refractivity contribution >= 4 is 0 Å². The number of rotatable bonds is 8. The first kappa shape index (κ1) is 14.9. The van der Waals surface area contributed by atoms with Crippen molar-refractivity contribution in [2.75, 3.05) is 13.2 Å². The first-order valence-electron chi connectivity index (χ1n) is 6.63. The van der Waals surface area contributed by atoms with E-state index >= 15 is 0 Å². The Kier molecular flexibility index (Phi) is 6.60. The molecular weight excluding hydrogens is 230 g/mol. The maximum absolute atomic E-state index is 11.6. The quantitative estimate of drug-likeness (QED) is 0.741. The normalized spacial score (nSPS) is 12.6. The Morgan fingerprint density at radius 3 is 2.83 bits per heavy atom. The Morgan fingerprint density at radius 2 is 2.22 bits per heavy atom. The number of nitrogens with one attached hydrogen (secondary N) is 2. The molecule has 2 N–H and O–H groups in total. The monoisotopic (exact) mass is 253 g/mol. The minimum atomic E-state index is -0.117. The van der Waals surface area contributed by atoms with Gasteiger partial charge in [0, 0.05) is 19.2 Å². The summed E-state index contributed by atoms with van der Waals surface area (Å²) >= 11 is 0. The number of H-pyrrole nitrogens is 1. The third-order valence-electron chi connectivity index (χ3n) is 2.59. The second-order valence-corrected chi connectivity index (χ2v) is 4.13. The SMILES string of the molecule is CCCC(OCC)c1nc(CNCC)cc(=O)[nH]1. The molecule has 1 unspecified atom stereocenters. The lowest BCUT2D eigenvalue weighted by atomic mass is 10.2. The lowest BCUT2D eigenvalue weighted by molar-refractivity contribution is 0.0490. The second kappa shape index (κ2) is 8.00. The van der Waals surface area contributed by atoms with E-state index in [0.717, 1.165) is 25.1 Å². The number of ether oxygens (including phenoxy) is 1. The second-order valence-electron chi connectivity index (χ2n) is 4.13. The molecule has 0 spiro atoms. The van der Waals surface area contributed by atoms with Crippen LogP contribution in [0.15, 0.2) is 10.9 Å². The van der Waals surface area contributed by atoms with E-state index in [1.807, 2.05) is 13.8 Å². The van der Waals surface area contributed by atoms with Crippen LogP contribution in [0.5, 0.6) is 0 Å². The summed E-state index contributed by atoms with van der Waals surface area (Å²) in [5, 5.41) is 3.17. The van der Waals surface area contributed by atoms with Gasteiger partial charge in [0.1, 0.15) is 11.9 Å². The van der Waals surface area contributed by atoms with Crippen LogP contribution in [0, 0.1) is 0 Å². The van der Waals surface area contributed by atoms with Crippen LogP contribution >= 0.6 is 0 Å². The van der Waals surface area contributed by atoms with Gasteiger partial charge in [-0.25, -0.2) is 4.98 Å². The van der Waals surface area contributed by atoms with Crippen LogP contribution in [-0.4, -0.2) is 23.1 Å². The molecule has 1 rings (SSSR count). The first-order valence-corrected chi connectivity index (χ1v) is 6.63. The van der Waals surface area contributed by atoms with Gasteiger partial charge in [-0.05, 0) is 19.9 Å². The van der Waals surface area contributed by atoms with Crippen LogP contribution in [-0.2, 0) is 11.3 Å². The molecule has 0 radical (unpaired) electrons. The third kappa shape index (κ3) is 4.58. The standard InChI is InChI=1S/C13H23N3O2/c1-4-7-11(18-6-3)13-15-10(9-14-5-2)8-12(17)16-13/h8,11,14H,4-7,9H2,1-3H3,(H,15,16,17). The fraction of sp³-hybridized carbons (Fsp3) is 0.692. The van der Waals surface area contributed by atoms with Crippen LogP contribution in [0.2, 0.25) is 0 Å². The minimum Gasteiger partial charge on any atom is -0.371 e. The molecular formula is C13H23N3O2. The van der Waals surface area contributed by atoms with E-state index in [9.17, 15) is 4.79 Å². The summed E-state index contributed by atoms with van der Waals surface area (Å²) in [6.07, 6.45) is 1.74. The molecule has 0 saturated heterocycles. The van der Waals surface area contributed by atoms with E-state index in [1.54, 1.807) is 0 Å². The zero-order chi connectivity index (χ0) is 13.4. The van der Waals surface area contributed by atoms with Gasteiger partial charge >= 0.3 is 0 Å². The predicted octanol–water partition coefficient (Wildman–Crippen LogP) is 1.76. The molecule has 1 heterocycles. The van der Waals surface area contributed by atoms with Crippen LogP contribution in [0.3, 0.4) is 0 Å². The Bertz CT molecular complexity index is 397. The van der Waals surface area contributed by atoms with Crippen LogP contribution in [0.1, 0.15) is 51.2 Å². The van der Waals surface area contributed by atoms with E-state index in [1.165, 1.54) is 6.07 Å². The molecule has 0 saturated carbocycles. The highest BCUT2D eigenvalue weighted by Gasteiger charge is 2.14. The van der Waals surface area contributed by atoms with Gasteiger partial charge in [0.25, 0.3) is 5.56 Å². The fourth-order valence-corrected chi connectivity index (χ4v) is 1.79. The molecule has 0 aliphatic rings. The van der Waals surface area contributed by atoms with Gasteiger partial charge < -0.3 is 15.0 Å². The maximum atomic E-state index is 11.6. The molecule has 1 aromatic heterocycles. The van der Waals surface area contributed by atoms with Gasteiger partial charge in [-0.2, -0.15) is 0 Å². The Hall–Kier alpha value is -1.20. The molecule has 0 bridgehead atoms. The van der Waals surface area contributed by atoms with Gasteiger partial charge in [0.15, 0.2) is 0 Å². The zero-order valence-corrected chi connectivity index (χ0v) is 11.5. The van der Waals surface area contributed by atoms with Crippen molar-refractivity contribution in [2.45, 2.75) is 46.3 Å². The summed E-state index contributed by atoms with van der Waals surface area (Å²) in [5.74, 6) is 0.638. The topological polar surface area (TPSA) is 67.0 Å². The molecule has 0 aromatic carbocycles. The van der Waals surface area contributed by atoms with E-state index in [-0.39, 0.29) is 11.7 Å². The summed E-state index contributed by atoms with van der Waals surface area (Å²) in [6, 6.07) is 1.53. The van der Waals surface area contributed by atoms with E-state index in [4.69, 9.17) is 4.74 Å².